The number of halogens is 1. The summed E-state index contributed by atoms with van der Waals surface area (Å²) >= 11 is 0. The molecule has 0 aliphatic heterocycles. The second-order valence-corrected chi connectivity index (χ2v) is 4.61. The van der Waals surface area contributed by atoms with Gasteiger partial charge in [0.2, 0.25) is 0 Å². The minimum atomic E-state index is -0.392. The van der Waals surface area contributed by atoms with Gasteiger partial charge in [0, 0.05) is 18.2 Å². The highest BCUT2D eigenvalue weighted by Crippen LogP contribution is 2.32. The summed E-state index contributed by atoms with van der Waals surface area (Å²) in [4.78, 5) is 12.0. The normalized spacial score (nSPS) is 16.6. The molecule has 1 aliphatic carbocycles. The summed E-state index contributed by atoms with van der Waals surface area (Å²) in [7, 11) is 0. The second kappa shape index (κ2) is 4.84. The van der Waals surface area contributed by atoms with E-state index in [1.54, 1.807) is 13.0 Å². The molecule has 1 aromatic carbocycles. The first kappa shape index (κ1) is 12.0. The summed E-state index contributed by atoms with van der Waals surface area (Å²) in [6.07, 6.45) is 2.23. The third kappa shape index (κ3) is 2.82. The maximum absolute atomic E-state index is 13.1. The molecule has 3 N–H and O–H groups in total. The van der Waals surface area contributed by atoms with Crippen molar-refractivity contribution >= 4 is 5.91 Å². The van der Waals surface area contributed by atoms with Gasteiger partial charge in [-0.2, -0.15) is 0 Å². The fourth-order valence-electron chi connectivity index (χ4n) is 1.95. The van der Waals surface area contributed by atoms with Crippen LogP contribution in [0.5, 0.6) is 0 Å². The largest absolute Gasteiger partial charge is 0.348 e. The Morgan fingerprint density at radius 2 is 2.29 bits per heavy atom. The lowest BCUT2D eigenvalue weighted by atomic mass is 10.1. The zero-order valence-corrected chi connectivity index (χ0v) is 9.87. The molecule has 0 heterocycles. The lowest BCUT2D eigenvalue weighted by Gasteiger charge is -2.16. The molecule has 0 saturated heterocycles. The average Bonchev–Trinajstić information content (AvgIpc) is 3.13. The van der Waals surface area contributed by atoms with Gasteiger partial charge in [0.1, 0.15) is 5.82 Å². The molecule has 0 bridgehead atoms. The van der Waals surface area contributed by atoms with Crippen LogP contribution < -0.4 is 11.1 Å². The van der Waals surface area contributed by atoms with Gasteiger partial charge in [-0.1, -0.05) is 6.07 Å². The van der Waals surface area contributed by atoms with Crippen molar-refractivity contribution in [3.8, 4) is 0 Å². The molecule has 3 nitrogen and oxygen atoms in total. The number of nitrogens with one attached hydrogen (secondary N) is 1. The molecular formula is C13H17FN2O. The van der Waals surface area contributed by atoms with Crippen molar-refractivity contribution in [1.82, 2.24) is 5.32 Å². The first-order valence-corrected chi connectivity index (χ1v) is 5.89. The van der Waals surface area contributed by atoms with Gasteiger partial charge >= 0.3 is 0 Å². The first-order chi connectivity index (χ1) is 8.11. The molecule has 17 heavy (non-hydrogen) atoms. The zero-order valence-electron chi connectivity index (χ0n) is 9.87. The molecule has 1 saturated carbocycles. The van der Waals surface area contributed by atoms with E-state index in [0.717, 1.165) is 18.4 Å². The van der Waals surface area contributed by atoms with Crippen molar-refractivity contribution in [2.45, 2.75) is 25.8 Å². The van der Waals surface area contributed by atoms with Crippen LogP contribution in [-0.4, -0.2) is 18.5 Å². The second-order valence-electron chi connectivity index (χ2n) is 4.61. The molecule has 1 unspecified atom stereocenters. The molecule has 1 aliphatic rings. The van der Waals surface area contributed by atoms with Crippen LogP contribution in [0.25, 0.3) is 0 Å². The number of nitrogens with two attached hydrogens (primary N) is 1. The minimum absolute atomic E-state index is 0.0187. The van der Waals surface area contributed by atoms with E-state index in [1.807, 2.05) is 0 Å². The number of amides is 1. The number of rotatable bonds is 4. The summed E-state index contributed by atoms with van der Waals surface area (Å²) in [5, 5.41) is 2.88. The van der Waals surface area contributed by atoms with Crippen LogP contribution in [0.15, 0.2) is 18.2 Å². The number of carbonyl (C=O) groups excluding carboxylic acids is 1. The zero-order chi connectivity index (χ0) is 12.4. The Kier molecular flexibility index (Phi) is 3.43. The average molecular weight is 236 g/mol. The fraction of sp³-hybridized carbons (Fsp3) is 0.462. The number of hydrogen-bond donors (Lipinski definition) is 2. The van der Waals surface area contributed by atoms with Gasteiger partial charge in [-0.15, -0.1) is 0 Å². The summed E-state index contributed by atoms with van der Waals surface area (Å²) in [6, 6.07) is 4.25. The van der Waals surface area contributed by atoms with Gasteiger partial charge in [-0.25, -0.2) is 4.39 Å². The van der Waals surface area contributed by atoms with Crippen molar-refractivity contribution in [1.29, 1.82) is 0 Å². The Morgan fingerprint density at radius 1 is 1.59 bits per heavy atom. The van der Waals surface area contributed by atoms with Gasteiger partial charge in [-0.05, 0) is 43.4 Å². The van der Waals surface area contributed by atoms with Gasteiger partial charge in [0.25, 0.3) is 5.91 Å². The summed E-state index contributed by atoms with van der Waals surface area (Å²) < 4.78 is 13.1. The monoisotopic (exact) mass is 236 g/mol. The van der Waals surface area contributed by atoms with Crippen LogP contribution in [-0.2, 0) is 0 Å². The quantitative estimate of drug-likeness (QED) is 0.834. The predicted octanol–water partition coefficient (Wildman–Crippen LogP) is 1.60. The number of benzene rings is 1. The van der Waals surface area contributed by atoms with E-state index in [4.69, 9.17) is 5.73 Å². The smallest absolute Gasteiger partial charge is 0.251 e. The lowest BCUT2D eigenvalue weighted by Crippen LogP contribution is -2.42. The van der Waals surface area contributed by atoms with Gasteiger partial charge in [0.15, 0.2) is 0 Å². The molecule has 0 spiro atoms. The maximum atomic E-state index is 13.1. The first-order valence-electron chi connectivity index (χ1n) is 5.89. The van der Waals surface area contributed by atoms with Crippen molar-refractivity contribution in [3.63, 3.8) is 0 Å². The molecule has 1 amide bonds. The molecule has 0 aromatic heterocycles. The Hall–Kier alpha value is -1.42. The Balaban J connectivity index is 2.10. The third-order valence-corrected chi connectivity index (χ3v) is 3.21. The lowest BCUT2D eigenvalue weighted by molar-refractivity contribution is 0.0932. The van der Waals surface area contributed by atoms with Crippen molar-refractivity contribution in [2.24, 2.45) is 11.7 Å². The van der Waals surface area contributed by atoms with Crippen LogP contribution in [0.3, 0.4) is 0 Å². The maximum Gasteiger partial charge on any atom is 0.251 e. The van der Waals surface area contributed by atoms with Crippen LogP contribution >= 0.6 is 0 Å². The predicted molar refractivity (Wildman–Crippen MR) is 64.2 cm³/mol. The van der Waals surface area contributed by atoms with Crippen molar-refractivity contribution < 1.29 is 9.18 Å². The molecular weight excluding hydrogens is 219 g/mol. The number of hydrogen-bond acceptors (Lipinski definition) is 2. The molecule has 1 fully saturated rings. The van der Waals surface area contributed by atoms with Crippen molar-refractivity contribution in [3.05, 3.63) is 35.1 Å². The molecule has 1 atom stereocenters. The van der Waals surface area contributed by atoms with Crippen LogP contribution in [0.2, 0.25) is 0 Å². The Bertz CT molecular complexity index is 429. The molecule has 4 heteroatoms. The summed E-state index contributed by atoms with van der Waals surface area (Å²) in [5.74, 6) is -0.126. The summed E-state index contributed by atoms with van der Waals surface area (Å²) in [5.41, 5.74) is 6.79. The van der Waals surface area contributed by atoms with E-state index < -0.39 is 5.82 Å². The molecule has 2 rings (SSSR count). The van der Waals surface area contributed by atoms with E-state index in [0.29, 0.717) is 18.0 Å². The number of carbonyl (C=O) groups is 1. The SMILES string of the molecule is Cc1ccc(F)cc1C(=O)NC(CN)C1CC1. The van der Waals surface area contributed by atoms with E-state index >= 15 is 0 Å². The van der Waals surface area contributed by atoms with Crippen LogP contribution in [0.1, 0.15) is 28.8 Å². The number of aryl methyl sites for hydroxylation is 1. The highest BCUT2D eigenvalue weighted by atomic mass is 19.1. The summed E-state index contributed by atoms with van der Waals surface area (Å²) in [6.45, 7) is 2.23. The van der Waals surface area contributed by atoms with Crippen LogP contribution in [0.4, 0.5) is 4.39 Å². The van der Waals surface area contributed by atoms with Crippen LogP contribution in [0, 0.1) is 18.7 Å². The Labute approximate surface area is 100 Å². The minimum Gasteiger partial charge on any atom is -0.348 e. The molecule has 1 aromatic rings. The standard InChI is InChI=1S/C13H17FN2O/c1-8-2-5-10(14)6-11(8)13(17)16-12(7-15)9-3-4-9/h2,5-6,9,12H,3-4,7,15H2,1H3,(H,16,17). The van der Waals surface area contributed by atoms with E-state index in [2.05, 4.69) is 5.32 Å². The third-order valence-electron chi connectivity index (χ3n) is 3.21. The van der Waals surface area contributed by atoms with Crippen molar-refractivity contribution in [2.75, 3.05) is 6.54 Å². The van der Waals surface area contributed by atoms with E-state index in [1.165, 1.54) is 12.1 Å². The topological polar surface area (TPSA) is 55.1 Å². The van der Waals surface area contributed by atoms with E-state index in [-0.39, 0.29) is 11.9 Å². The molecule has 92 valence electrons. The van der Waals surface area contributed by atoms with Gasteiger partial charge in [-0.3, -0.25) is 4.79 Å². The molecule has 0 radical (unpaired) electrons. The Morgan fingerprint density at radius 3 is 2.88 bits per heavy atom. The highest BCUT2D eigenvalue weighted by molar-refractivity contribution is 5.95. The highest BCUT2D eigenvalue weighted by Gasteiger charge is 2.31. The fourth-order valence-corrected chi connectivity index (χ4v) is 1.95. The van der Waals surface area contributed by atoms with E-state index in [9.17, 15) is 9.18 Å². The van der Waals surface area contributed by atoms with Gasteiger partial charge < -0.3 is 11.1 Å². The van der Waals surface area contributed by atoms with Gasteiger partial charge in [0.05, 0.1) is 0 Å².